The quantitative estimate of drug-likeness (QED) is 0.770. The van der Waals surface area contributed by atoms with Crippen LogP contribution in [-0.2, 0) is 13.0 Å². The van der Waals surface area contributed by atoms with Crippen molar-refractivity contribution in [1.29, 1.82) is 0 Å². The molecule has 106 valence electrons. The average molecular weight is 298 g/mol. The molecule has 1 N–H and O–H groups in total. The number of nitrogens with zero attached hydrogens (tertiary/aromatic N) is 1. The molecule has 0 atom stereocenters. The van der Waals surface area contributed by atoms with Crippen molar-refractivity contribution >= 4 is 22.9 Å². The first kappa shape index (κ1) is 12.9. The molecule has 0 spiro atoms. The first-order valence-corrected chi connectivity index (χ1v) is 7.85. The van der Waals surface area contributed by atoms with Crippen LogP contribution in [0.1, 0.15) is 11.1 Å². The minimum absolute atomic E-state index is 0.194. The lowest BCUT2D eigenvalue weighted by Crippen LogP contribution is -2.13. The molecule has 1 aliphatic heterocycles. The van der Waals surface area contributed by atoms with E-state index in [2.05, 4.69) is 33.7 Å². The minimum Gasteiger partial charge on any atom is -0.312 e. The molecule has 0 saturated carbocycles. The summed E-state index contributed by atoms with van der Waals surface area (Å²) in [6.07, 6.45) is 3.26. The van der Waals surface area contributed by atoms with E-state index >= 15 is 0 Å². The van der Waals surface area contributed by atoms with Crippen LogP contribution >= 0.6 is 11.9 Å². The van der Waals surface area contributed by atoms with Crippen molar-refractivity contribution in [3.8, 4) is 0 Å². The lowest BCUT2D eigenvalue weighted by atomic mass is 10.1. The zero-order valence-corrected chi connectivity index (χ0v) is 12.3. The molecule has 21 heavy (non-hydrogen) atoms. The fourth-order valence-corrected chi connectivity index (χ4v) is 3.80. The Hall–Kier alpha value is -1.78. The molecular formula is C17H15FN2S. The van der Waals surface area contributed by atoms with Crippen LogP contribution in [0.5, 0.6) is 0 Å². The van der Waals surface area contributed by atoms with E-state index in [4.69, 9.17) is 0 Å². The number of halogens is 1. The molecule has 3 aromatic rings. The molecule has 0 amide bonds. The Kier molecular flexibility index (Phi) is 3.20. The Morgan fingerprint density at radius 1 is 1.05 bits per heavy atom. The van der Waals surface area contributed by atoms with Crippen LogP contribution in [0.15, 0.2) is 53.6 Å². The van der Waals surface area contributed by atoms with Crippen LogP contribution in [-0.4, -0.2) is 10.5 Å². The van der Waals surface area contributed by atoms with E-state index in [-0.39, 0.29) is 5.82 Å². The Morgan fingerprint density at radius 3 is 2.76 bits per heavy atom. The van der Waals surface area contributed by atoms with E-state index in [9.17, 15) is 4.39 Å². The molecular weight excluding hydrogens is 283 g/mol. The van der Waals surface area contributed by atoms with E-state index in [1.165, 1.54) is 34.2 Å². The summed E-state index contributed by atoms with van der Waals surface area (Å²) in [5, 5.41) is 4.83. The van der Waals surface area contributed by atoms with Crippen molar-refractivity contribution in [2.45, 2.75) is 17.9 Å². The second-order valence-corrected chi connectivity index (χ2v) is 6.31. The van der Waals surface area contributed by atoms with Gasteiger partial charge < -0.3 is 5.32 Å². The van der Waals surface area contributed by atoms with Crippen molar-refractivity contribution < 1.29 is 4.39 Å². The Bertz CT molecular complexity index is 792. The number of rotatable bonds is 2. The van der Waals surface area contributed by atoms with E-state index in [0.717, 1.165) is 24.4 Å². The van der Waals surface area contributed by atoms with Gasteiger partial charge in [-0.3, -0.25) is 3.97 Å². The molecule has 0 fully saturated rings. The number of benzene rings is 2. The first-order chi connectivity index (χ1) is 10.3. The third kappa shape index (κ3) is 2.34. The van der Waals surface area contributed by atoms with Gasteiger partial charge in [0.1, 0.15) is 5.82 Å². The maximum atomic E-state index is 13.0. The molecule has 4 rings (SSSR count). The Morgan fingerprint density at radius 2 is 1.90 bits per heavy atom. The van der Waals surface area contributed by atoms with Gasteiger partial charge >= 0.3 is 0 Å². The molecule has 1 aromatic heterocycles. The fraction of sp³-hybridized carbons (Fsp3) is 0.176. The summed E-state index contributed by atoms with van der Waals surface area (Å²) in [4.78, 5) is 1.04. The third-order valence-electron chi connectivity index (χ3n) is 3.86. The molecule has 0 aliphatic carbocycles. The van der Waals surface area contributed by atoms with Gasteiger partial charge in [0.05, 0.1) is 5.52 Å². The summed E-state index contributed by atoms with van der Waals surface area (Å²) in [7, 11) is 0. The summed E-state index contributed by atoms with van der Waals surface area (Å²) in [6, 6.07) is 13.1. The standard InChI is InChI=1S/C17H15FN2S/c18-14-4-6-15(7-5-14)21-20-11-13-8-9-19-10-12-2-1-3-16(20)17(12)13/h1-7,11,19H,8-10H2. The molecule has 0 saturated heterocycles. The van der Waals surface area contributed by atoms with E-state index in [1.807, 2.05) is 12.1 Å². The molecule has 2 aromatic carbocycles. The van der Waals surface area contributed by atoms with Crippen molar-refractivity contribution in [2.75, 3.05) is 6.54 Å². The molecule has 2 heterocycles. The average Bonchev–Trinajstić information content (AvgIpc) is 2.71. The summed E-state index contributed by atoms with van der Waals surface area (Å²) in [5.74, 6) is -0.194. The van der Waals surface area contributed by atoms with Crippen molar-refractivity contribution in [3.63, 3.8) is 0 Å². The predicted molar refractivity (Wildman–Crippen MR) is 85.0 cm³/mol. The van der Waals surface area contributed by atoms with Gasteiger partial charge in [0.2, 0.25) is 0 Å². The summed E-state index contributed by atoms with van der Waals surface area (Å²) >= 11 is 1.63. The second kappa shape index (κ2) is 5.20. The van der Waals surface area contributed by atoms with Crippen molar-refractivity contribution in [1.82, 2.24) is 9.29 Å². The van der Waals surface area contributed by atoms with Gasteiger partial charge in [-0.2, -0.15) is 0 Å². The van der Waals surface area contributed by atoms with E-state index in [1.54, 1.807) is 11.9 Å². The normalized spacial score (nSPS) is 14.3. The molecule has 0 radical (unpaired) electrons. The molecule has 1 aliphatic rings. The van der Waals surface area contributed by atoms with Crippen LogP contribution in [0.3, 0.4) is 0 Å². The van der Waals surface area contributed by atoms with Crippen LogP contribution in [0, 0.1) is 5.82 Å². The first-order valence-electron chi connectivity index (χ1n) is 7.08. The minimum atomic E-state index is -0.194. The lowest BCUT2D eigenvalue weighted by molar-refractivity contribution is 0.626. The SMILES string of the molecule is Fc1ccc(Sn2cc3c4c(cccc42)CNCC3)cc1. The van der Waals surface area contributed by atoms with Crippen molar-refractivity contribution in [2.24, 2.45) is 0 Å². The lowest BCUT2D eigenvalue weighted by Gasteiger charge is -2.06. The van der Waals surface area contributed by atoms with Gasteiger partial charge in [-0.1, -0.05) is 12.1 Å². The summed E-state index contributed by atoms with van der Waals surface area (Å²) in [5.41, 5.74) is 3.99. The van der Waals surface area contributed by atoms with Gasteiger partial charge in [0.25, 0.3) is 0 Å². The van der Waals surface area contributed by atoms with E-state index in [0.29, 0.717) is 0 Å². The van der Waals surface area contributed by atoms with Crippen LogP contribution in [0.4, 0.5) is 4.39 Å². The monoisotopic (exact) mass is 298 g/mol. The zero-order valence-electron chi connectivity index (χ0n) is 11.5. The number of aromatic nitrogens is 1. The van der Waals surface area contributed by atoms with Crippen LogP contribution in [0.2, 0.25) is 0 Å². The highest BCUT2D eigenvalue weighted by Gasteiger charge is 2.15. The maximum Gasteiger partial charge on any atom is 0.123 e. The highest BCUT2D eigenvalue weighted by atomic mass is 32.2. The zero-order chi connectivity index (χ0) is 14.2. The van der Waals surface area contributed by atoms with Crippen LogP contribution < -0.4 is 5.32 Å². The Balaban J connectivity index is 1.81. The number of hydrogen-bond acceptors (Lipinski definition) is 2. The third-order valence-corrected chi connectivity index (χ3v) is 4.85. The molecule has 2 nitrogen and oxygen atoms in total. The van der Waals surface area contributed by atoms with Gasteiger partial charge in [-0.05, 0) is 66.4 Å². The van der Waals surface area contributed by atoms with Gasteiger partial charge in [0.15, 0.2) is 0 Å². The van der Waals surface area contributed by atoms with Gasteiger partial charge in [0, 0.05) is 23.0 Å². The summed E-state index contributed by atoms with van der Waals surface area (Å²) < 4.78 is 15.2. The topological polar surface area (TPSA) is 17.0 Å². The number of nitrogens with one attached hydrogen (secondary N) is 1. The predicted octanol–water partition coefficient (Wildman–Crippen LogP) is 3.98. The van der Waals surface area contributed by atoms with Gasteiger partial charge in [-0.15, -0.1) is 0 Å². The molecule has 0 unspecified atom stereocenters. The van der Waals surface area contributed by atoms with Crippen LogP contribution in [0.25, 0.3) is 10.9 Å². The maximum absolute atomic E-state index is 13.0. The van der Waals surface area contributed by atoms with E-state index < -0.39 is 0 Å². The fourth-order valence-electron chi connectivity index (χ4n) is 2.88. The Labute approximate surface area is 127 Å². The smallest absolute Gasteiger partial charge is 0.123 e. The highest BCUT2D eigenvalue weighted by Crippen LogP contribution is 2.32. The van der Waals surface area contributed by atoms with Crippen molar-refractivity contribution in [3.05, 3.63) is 65.6 Å². The highest BCUT2D eigenvalue weighted by molar-refractivity contribution is 7.98. The molecule has 4 heteroatoms. The molecule has 0 bridgehead atoms. The summed E-state index contributed by atoms with van der Waals surface area (Å²) in [6.45, 7) is 1.94. The van der Waals surface area contributed by atoms with Gasteiger partial charge in [-0.25, -0.2) is 4.39 Å². The number of hydrogen-bond donors (Lipinski definition) is 1. The largest absolute Gasteiger partial charge is 0.312 e. The second-order valence-electron chi connectivity index (χ2n) is 5.26.